The summed E-state index contributed by atoms with van der Waals surface area (Å²) >= 11 is 0. The van der Waals surface area contributed by atoms with E-state index < -0.39 is 43.5 Å². The number of carboxylic acid groups (broad SMARTS) is 1. The molecule has 6 unspecified atom stereocenters. The molecule has 18 heavy (non-hydrogen) atoms. The van der Waals surface area contributed by atoms with Crippen LogP contribution in [-0.4, -0.2) is 61.3 Å². The average Bonchev–Trinajstić information content (AvgIpc) is 2.53. The third kappa shape index (κ3) is 1.08. The highest BCUT2D eigenvalue weighted by Crippen LogP contribution is 2.76. The van der Waals surface area contributed by atoms with Crippen molar-refractivity contribution in [2.75, 3.05) is 0 Å². The van der Waals surface area contributed by atoms with Crippen molar-refractivity contribution in [1.82, 2.24) is 0 Å². The van der Waals surface area contributed by atoms with Crippen molar-refractivity contribution < 1.29 is 53.2 Å². The second kappa shape index (κ2) is 2.93. The zero-order chi connectivity index (χ0) is 13.6. The fraction of sp³-hybridized carbons (Fsp3) is 0.833. The Morgan fingerprint density at radius 2 is 1.78 bits per heavy atom. The van der Waals surface area contributed by atoms with E-state index in [1.54, 1.807) is 0 Å². The van der Waals surface area contributed by atoms with E-state index in [9.17, 15) is 29.8 Å². The largest absolute Gasteiger partial charge is 0.485 e. The molecule has 0 aliphatic carbocycles. The Morgan fingerprint density at radius 3 is 2.28 bits per heavy atom. The van der Waals surface area contributed by atoms with E-state index in [-0.39, 0.29) is 0 Å². The number of rotatable bonds is 1. The predicted molar refractivity (Wildman–Crippen MR) is 44.2 cm³/mol. The first-order valence-electron chi connectivity index (χ1n) is 4.55. The van der Waals surface area contributed by atoms with Crippen molar-refractivity contribution >= 4 is 13.8 Å². The molecule has 3 saturated heterocycles. The molecule has 0 aromatic heterocycles. The number of carbonyl (C=O) groups is 1. The maximum atomic E-state index is 11.6. The van der Waals surface area contributed by atoms with Crippen LogP contribution in [0.5, 0.6) is 0 Å². The molecular formula is C6H7O11P. The smallest absolute Gasteiger partial charge is 0.479 e. The molecule has 3 fully saturated rings. The van der Waals surface area contributed by atoms with Gasteiger partial charge < -0.3 is 30.3 Å². The Balaban J connectivity index is 2.16. The number of carboxylic acids is 1. The van der Waals surface area contributed by atoms with Crippen molar-refractivity contribution in [3.8, 4) is 0 Å². The van der Waals surface area contributed by atoms with Crippen LogP contribution < -0.4 is 0 Å². The van der Waals surface area contributed by atoms with Crippen LogP contribution in [0.15, 0.2) is 0 Å². The lowest BCUT2D eigenvalue weighted by atomic mass is 9.90. The van der Waals surface area contributed by atoms with E-state index in [0.29, 0.717) is 0 Å². The Labute approximate surface area is 97.7 Å². The first kappa shape index (κ1) is 12.4. The van der Waals surface area contributed by atoms with Crippen molar-refractivity contribution in [1.29, 1.82) is 0 Å². The van der Waals surface area contributed by atoms with Gasteiger partial charge in [-0.25, -0.2) is 22.9 Å². The summed E-state index contributed by atoms with van der Waals surface area (Å²) in [4.78, 5) is 10.8. The van der Waals surface area contributed by atoms with E-state index in [1.807, 2.05) is 0 Å². The van der Waals surface area contributed by atoms with Gasteiger partial charge >= 0.3 is 25.6 Å². The minimum atomic E-state index is -4.57. The van der Waals surface area contributed by atoms with Gasteiger partial charge in [-0.05, 0) is 0 Å². The molecular weight excluding hydrogens is 279 g/mol. The molecule has 12 heteroatoms. The van der Waals surface area contributed by atoms with Gasteiger partial charge in [-0.1, -0.05) is 0 Å². The maximum Gasteiger partial charge on any atom is 0.485 e. The summed E-state index contributed by atoms with van der Waals surface area (Å²) in [5, 5.41) is 47.8. The van der Waals surface area contributed by atoms with Gasteiger partial charge in [0.15, 0.2) is 12.2 Å². The summed E-state index contributed by atoms with van der Waals surface area (Å²) in [6.45, 7) is 0. The first-order valence-corrected chi connectivity index (χ1v) is 6.01. The molecule has 0 radical (unpaired) electrons. The number of aliphatic hydroxyl groups excluding tert-OH is 1. The second-order valence-electron chi connectivity index (χ2n) is 3.96. The molecule has 0 spiro atoms. The van der Waals surface area contributed by atoms with Gasteiger partial charge in [0, 0.05) is 0 Å². The molecule has 0 aromatic rings. The summed E-state index contributed by atoms with van der Waals surface area (Å²) in [5.41, 5.74) is 0. The molecule has 0 amide bonds. The van der Waals surface area contributed by atoms with Gasteiger partial charge in [-0.2, -0.15) is 0 Å². The number of aliphatic carboxylic acids is 1. The number of phosphoric ester groups is 1. The van der Waals surface area contributed by atoms with Crippen LogP contribution in [0.4, 0.5) is 0 Å². The highest BCUT2D eigenvalue weighted by Gasteiger charge is 2.90. The lowest BCUT2D eigenvalue weighted by Crippen LogP contribution is -2.79. The van der Waals surface area contributed by atoms with Crippen LogP contribution in [0, 0.1) is 0 Å². The second-order valence-corrected chi connectivity index (χ2v) is 5.41. The predicted octanol–water partition coefficient (Wildman–Crippen LogP) is -2.96. The normalized spacial score (nSPS) is 62.0. The standard InChI is InChI=1S/C6H7O11P/c7-2-1(3(8)9)14-6(12)5(11)4(2,10)15-18(13,16-5)17-6/h1-2,7,10-12H,(H,8,9). The van der Waals surface area contributed by atoms with E-state index >= 15 is 0 Å². The highest BCUT2D eigenvalue weighted by atomic mass is 31.2. The summed E-state index contributed by atoms with van der Waals surface area (Å²) < 4.78 is 28.9. The van der Waals surface area contributed by atoms with Crippen molar-refractivity contribution in [3.05, 3.63) is 0 Å². The van der Waals surface area contributed by atoms with Crippen LogP contribution in [0.25, 0.3) is 0 Å². The Kier molecular flexibility index (Phi) is 2.02. The third-order valence-corrected chi connectivity index (χ3v) is 4.32. The molecule has 3 rings (SSSR count). The van der Waals surface area contributed by atoms with Crippen LogP contribution in [0.2, 0.25) is 0 Å². The van der Waals surface area contributed by atoms with E-state index in [1.165, 1.54) is 0 Å². The van der Waals surface area contributed by atoms with Gasteiger partial charge in [-0.15, -0.1) is 0 Å². The zero-order valence-corrected chi connectivity index (χ0v) is 9.18. The van der Waals surface area contributed by atoms with E-state index in [0.717, 1.165) is 0 Å². The summed E-state index contributed by atoms with van der Waals surface area (Å²) in [6, 6.07) is 0. The number of ether oxygens (including phenoxy) is 1. The topological polar surface area (TPSA) is 172 Å². The molecule has 3 aliphatic heterocycles. The maximum absolute atomic E-state index is 11.6. The highest BCUT2D eigenvalue weighted by molar-refractivity contribution is 7.49. The molecule has 3 heterocycles. The summed E-state index contributed by atoms with van der Waals surface area (Å²) in [5.74, 6) is -11.4. The van der Waals surface area contributed by atoms with Crippen molar-refractivity contribution in [2.45, 2.75) is 29.8 Å². The number of fused-ring (bicyclic) bond motifs is 1. The number of phosphoric acid groups is 1. The van der Waals surface area contributed by atoms with Crippen molar-refractivity contribution in [2.24, 2.45) is 0 Å². The molecule has 3 aliphatic rings. The molecule has 11 nitrogen and oxygen atoms in total. The molecule has 6 atom stereocenters. The van der Waals surface area contributed by atoms with E-state index in [4.69, 9.17) is 5.11 Å². The molecule has 0 saturated carbocycles. The fourth-order valence-electron chi connectivity index (χ4n) is 2.00. The SMILES string of the molecule is O=C(O)C1OC2(O)OP3(=O)OC(O)(C1O)C2(O)O3. The summed E-state index contributed by atoms with van der Waals surface area (Å²) in [6.07, 6.45) is -4.57. The molecule has 102 valence electrons. The molecule has 5 N–H and O–H groups in total. The minimum absolute atomic E-state index is 1.78. The van der Waals surface area contributed by atoms with Gasteiger partial charge in [0.2, 0.25) is 0 Å². The zero-order valence-electron chi connectivity index (χ0n) is 8.29. The molecule has 0 aromatic carbocycles. The molecule has 2 bridgehead atoms. The van der Waals surface area contributed by atoms with E-state index in [2.05, 4.69) is 18.3 Å². The minimum Gasteiger partial charge on any atom is -0.479 e. The van der Waals surface area contributed by atoms with Gasteiger partial charge in [0.05, 0.1) is 0 Å². The Morgan fingerprint density at radius 1 is 1.17 bits per heavy atom. The lowest BCUT2D eigenvalue weighted by Gasteiger charge is -2.49. The van der Waals surface area contributed by atoms with Gasteiger partial charge in [-0.3, -0.25) is 0 Å². The van der Waals surface area contributed by atoms with Crippen molar-refractivity contribution in [3.63, 3.8) is 0 Å². The number of aliphatic hydroxyl groups is 4. The Bertz CT molecular complexity index is 492. The third-order valence-electron chi connectivity index (χ3n) is 2.86. The van der Waals surface area contributed by atoms with Crippen LogP contribution in [0.3, 0.4) is 0 Å². The first-order chi connectivity index (χ1) is 8.07. The Hall–Kier alpha value is -0.620. The lowest BCUT2D eigenvalue weighted by molar-refractivity contribution is -0.521. The number of hydrogen-bond donors (Lipinski definition) is 5. The average molecular weight is 286 g/mol. The summed E-state index contributed by atoms with van der Waals surface area (Å²) in [7, 11) is -4.57. The number of hydrogen-bond acceptors (Lipinski definition) is 10. The fourth-order valence-corrected chi connectivity index (χ4v) is 3.72. The van der Waals surface area contributed by atoms with Gasteiger partial charge in [0.1, 0.15) is 0 Å². The monoisotopic (exact) mass is 286 g/mol. The quantitative estimate of drug-likeness (QED) is 0.311. The van der Waals surface area contributed by atoms with Crippen LogP contribution >= 0.6 is 7.82 Å². The van der Waals surface area contributed by atoms with Crippen LogP contribution in [0.1, 0.15) is 0 Å². The van der Waals surface area contributed by atoms with Gasteiger partial charge in [0.25, 0.3) is 5.79 Å². The van der Waals surface area contributed by atoms with Crippen LogP contribution in [-0.2, 0) is 27.7 Å².